The number of nitrogens with one attached hydrogen (secondary N) is 2. The number of H-pyrrole nitrogens is 1. The maximum atomic E-state index is 13.1. The zero-order valence-electron chi connectivity index (χ0n) is 14.4. The van der Waals surface area contributed by atoms with Gasteiger partial charge in [-0.25, -0.2) is 4.39 Å². The van der Waals surface area contributed by atoms with E-state index in [1.54, 1.807) is 12.1 Å². The van der Waals surface area contributed by atoms with Gasteiger partial charge in [0.05, 0.1) is 5.41 Å². The fourth-order valence-corrected chi connectivity index (χ4v) is 4.01. The summed E-state index contributed by atoms with van der Waals surface area (Å²) in [6.07, 6.45) is 9.17. The number of hydrogen-bond acceptors (Lipinski definition) is 2. The highest BCUT2D eigenvalue weighted by atomic mass is 19.1. The number of nitrogens with zero attached hydrogens (tertiary/aromatic N) is 1. The summed E-state index contributed by atoms with van der Waals surface area (Å²) in [5, 5.41) is 10.3. The summed E-state index contributed by atoms with van der Waals surface area (Å²) in [7, 11) is 0. The highest BCUT2D eigenvalue weighted by molar-refractivity contribution is 6.00. The third-order valence-electron chi connectivity index (χ3n) is 5.69. The molecule has 0 spiro atoms. The molecule has 25 heavy (non-hydrogen) atoms. The highest BCUT2D eigenvalue weighted by Gasteiger charge is 2.51. The van der Waals surface area contributed by atoms with Crippen LogP contribution in [0.15, 0.2) is 30.3 Å². The highest BCUT2D eigenvalue weighted by Crippen LogP contribution is 2.49. The third kappa shape index (κ3) is 3.46. The molecule has 2 saturated carbocycles. The fraction of sp³-hybridized carbons (Fsp3) is 0.500. The summed E-state index contributed by atoms with van der Waals surface area (Å²) < 4.78 is 13.1. The van der Waals surface area contributed by atoms with E-state index in [-0.39, 0.29) is 11.7 Å². The van der Waals surface area contributed by atoms with Crippen LogP contribution in [0.1, 0.15) is 56.2 Å². The summed E-state index contributed by atoms with van der Waals surface area (Å²) in [4.78, 5) is 12.7. The van der Waals surface area contributed by atoms with Crippen LogP contribution in [0.2, 0.25) is 0 Å². The first kappa shape index (κ1) is 16.3. The molecule has 4 nitrogen and oxygen atoms in total. The molecule has 4 rings (SSSR count). The van der Waals surface area contributed by atoms with E-state index in [4.69, 9.17) is 0 Å². The van der Waals surface area contributed by atoms with Crippen molar-refractivity contribution in [3.05, 3.63) is 47.4 Å². The third-order valence-corrected chi connectivity index (χ3v) is 5.69. The Kier molecular flexibility index (Phi) is 4.32. The molecule has 2 fully saturated rings. The van der Waals surface area contributed by atoms with Gasteiger partial charge >= 0.3 is 0 Å². The second-order valence-electron chi connectivity index (χ2n) is 7.53. The molecule has 0 radical (unpaired) electrons. The molecule has 0 unspecified atom stereocenters. The first-order valence-corrected chi connectivity index (χ1v) is 9.27. The number of aromatic nitrogens is 2. The minimum Gasteiger partial charge on any atom is -0.308 e. The second-order valence-corrected chi connectivity index (χ2v) is 7.53. The summed E-state index contributed by atoms with van der Waals surface area (Å²) in [5.41, 5.74) is 1.45. The number of carbonyl (C=O) groups is 1. The molecule has 132 valence electrons. The number of benzene rings is 1. The molecule has 0 aliphatic heterocycles. The van der Waals surface area contributed by atoms with E-state index in [0.29, 0.717) is 5.82 Å². The molecule has 2 aliphatic carbocycles. The molecule has 1 amide bonds. The number of carbonyl (C=O) groups excluding carboxylic acids is 1. The van der Waals surface area contributed by atoms with Crippen LogP contribution in [0.25, 0.3) is 0 Å². The molecule has 0 saturated heterocycles. The van der Waals surface area contributed by atoms with Crippen molar-refractivity contribution >= 4 is 11.7 Å². The van der Waals surface area contributed by atoms with Crippen molar-refractivity contribution in [3.63, 3.8) is 0 Å². The van der Waals surface area contributed by atoms with Crippen LogP contribution in [0, 0.1) is 11.7 Å². The number of amides is 1. The van der Waals surface area contributed by atoms with Crippen LogP contribution in [-0.2, 0) is 16.6 Å². The van der Waals surface area contributed by atoms with Crippen molar-refractivity contribution in [2.24, 2.45) is 5.92 Å². The quantitative estimate of drug-likeness (QED) is 0.850. The summed E-state index contributed by atoms with van der Waals surface area (Å²) in [5.74, 6) is 0.991. The van der Waals surface area contributed by atoms with E-state index < -0.39 is 5.41 Å². The SMILES string of the molecule is O=C(Nc1cc(CC2CCCCC2)[nH]n1)C1(c2ccc(F)cc2)CC1. The minimum absolute atomic E-state index is 0.0465. The molecule has 1 aromatic carbocycles. The number of hydrogen-bond donors (Lipinski definition) is 2. The molecule has 5 heteroatoms. The second kappa shape index (κ2) is 6.62. The molecule has 2 aliphatic rings. The molecular weight excluding hydrogens is 317 g/mol. The average molecular weight is 341 g/mol. The van der Waals surface area contributed by atoms with Gasteiger partial charge in [-0.05, 0) is 42.9 Å². The van der Waals surface area contributed by atoms with Crippen LogP contribution in [0.5, 0.6) is 0 Å². The molecule has 0 atom stereocenters. The van der Waals surface area contributed by atoms with Gasteiger partial charge in [0.1, 0.15) is 5.82 Å². The van der Waals surface area contributed by atoms with Crippen molar-refractivity contribution in [1.29, 1.82) is 0 Å². The monoisotopic (exact) mass is 341 g/mol. The molecule has 1 heterocycles. The standard InChI is InChI=1S/C20H24FN3O/c21-16-8-6-15(7-9-16)20(10-11-20)19(25)22-18-13-17(23-24-18)12-14-4-2-1-3-5-14/h6-9,13-14H,1-5,10-12H2,(H2,22,23,24,25). The molecule has 2 aromatic rings. The molecular formula is C20H24FN3O. The number of rotatable bonds is 5. The number of halogens is 1. The van der Waals surface area contributed by atoms with Gasteiger partial charge in [0, 0.05) is 11.8 Å². The Morgan fingerprint density at radius 3 is 2.60 bits per heavy atom. The van der Waals surface area contributed by atoms with Gasteiger partial charge in [-0.1, -0.05) is 44.2 Å². The van der Waals surface area contributed by atoms with E-state index in [9.17, 15) is 9.18 Å². The summed E-state index contributed by atoms with van der Waals surface area (Å²) in [6, 6.07) is 8.20. The van der Waals surface area contributed by atoms with E-state index >= 15 is 0 Å². The van der Waals surface area contributed by atoms with Crippen molar-refractivity contribution in [1.82, 2.24) is 10.2 Å². The Balaban J connectivity index is 1.40. The Morgan fingerprint density at radius 2 is 1.92 bits per heavy atom. The summed E-state index contributed by atoms with van der Waals surface area (Å²) >= 11 is 0. The average Bonchev–Trinajstić information content (AvgIpc) is 3.33. The first-order chi connectivity index (χ1) is 12.2. The van der Waals surface area contributed by atoms with E-state index in [2.05, 4.69) is 15.5 Å². The lowest BCUT2D eigenvalue weighted by molar-refractivity contribution is -0.118. The van der Waals surface area contributed by atoms with Crippen LogP contribution in [-0.4, -0.2) is 16.1 Å². The molecule has 1 aromatic heterocycles. The van der Waals surface area contributed by atoms with Gasteiger partial charge in [-0.15, -0.1) is 0 Å². The van der Waals surface area contributed by atoms with Gasteiger partial charge in [0.25, 0.3) is 0 Å². The lowest BCUT2D eigenvalue weighted by Gasteiger charge is -2.20. The molecule has 0 bridgehead atoms. The van der Waals surface area contributed by atoms with Crippen LogP contribution in [0.3, 0.4) is 0 Å². The van der Waals surface area contributed by atoms with Gasteiger partial charge in [0.2, 0.25) is 5.91 Å². The normalized spacial score (nSPS) is 19.6. The Labute approximate surface area is 147 Å². The first-order valence-electron chi connectivity index (χ1n) is 9.27. The smallest absolute Gasteiger partial charge is 0.236 e. The Morgan fingerprint density at radius 1 is 1.20 bits per heavy atom. The van der Waals surface area contributed by atoms with E-state index in [0.717, 1.165) is 36.4 Å². The zero-order valence-corrected chi connectivity index (χ0v) is 14.4. The lowest BCUT2D eigenvalue weighted by atomic mass is 9.86. The predicted molar refractivity (Wildman–Crippen MR) is 94.8 cm³/mol. The van der Waals surface area contributed by atoms with Crippen molar-refractivity contribution in [2.75, 3.05) is 5.32 Å². The van der Waals surface area contributed by atoms with Crippen molar-refractivity contribution in [2.45, 2.75) is 56.8 Å². The van der Waals surface area contributed by atoms with Gasteiger partial charge in [-0.3, -0.25) is 9.89 Å². The number of anilines is 1. The van der Waals surface area contributed by atoms with Crippen molar-refractivity contribution < 1.29 is 9.18 Å². The largest absolute Gasteiger partial charge is 0.308 e. The predicted octanol–water partition coefficient (Wildman–Crippen LogP) is 4.34. The zero-order chi connectivity index (χ0) is 17.3. The molecule has 2 N–H and O–H groups in total. The Bertz CT molecular complexity index is 743. The van der Waals surface area contributed by atoms with Gasteiger partial charge in [-0.2, -0.15) is 5.10 Å². The van der Waals surface area contributed by atoms with E-state index in [1.165, 1.54) is 44.2 Å². The number of aromatic amines is 1. The maximum Gasteiger partial charge on any atom is 0.236 e. The maximum absolute atomic E-state index is 13.1. The van der Waals surface area contributed by atoms with Gasteiger partial charge < -0.3 is 5.32 Å². The Hall–Kier alpha value is -2.17. The van der Waals surface area contributed by atoms with E-state index in [1.807, 2.05) is 6.07 Å². The lowest BCUT2D eigenvalue weighted by Crippen LogP contribution is -2.28. The summed E-state index contributed by atoms with van der Waals surface area (Å²) in [6.45, 7) is 0. The van der Waals surface area contributed by atoms with Crippen LogP contribution in [0.4, 0.5) is 10.2 Å². The van der Waals surface area contributed by atoms with Crippen LogP contribution < -0.4 is 5.32 Å². The van der Waals surface area contributed by atoms with Gasteiger partial charge in [0.15, 0.2) is 5.82 Å². The minimum atomic E-state index is -0.518. The topological polar surface area (TPSA) is 57.8 Å². The van der Waals surface area contributed by atoms with Crippen LogP contribution >= 0.6 is 0 Å². The fourth-order valence-electron chi connectivity index (χ4n) is 4.01. The van der Waals surface area contributed by atoms with Crippen molar-refractivity contribution in [3.8, 4) is 0 Å².